The molecule has 16 heavy (non-hydrogen) atoms. The third kappa shape index (κ3) is 3.80. The summed E-state index contributed by atoms with van der Waals surface area (Å²) in [6, 6.07) is 0. The van der Waals surface area contributed by atoms with Crippen molar-refractivity contribution in [3.8, 4) is 0 Å². The minimum Gasteiger partial charge on any atom is -0.342 e. The maximum Gasteiger partial charge on any atom is 0.225 e. The maximum absolute atomic E-state index is 12.3. The summed E-state index contributed by atoms with van der Waals surface area (Å²) in [5, 5.41) is 0. The molecule has 2 nitrogen and oxygen atoms in total. The molecule has 2 heteroatoms. The van der Waals surface area contributed by atoms with Crippen LogP contribution in [0.1, 0.15) is 59.3 Å². The second kappa shape index (κ2) is 6.93. The number of nitrogens with zero attached hydrogens (tertiary/aromatic N) is 1. The van der Waals surface area contributed by atoms with E-state index >= 15 is 0 Å². The molecule has 0 aromatic carbocycles. The number of amides is 1. The van der Waals surface area contributed by atoms with E-state index in [0.29, 0.717) is 11.8 Å². The molecule has 0 aromatic heterocycles. The molecule has 1 rings (SSSR count). The Morgan fingerprint density at radius 3 is 2.00 bits per heavy atom. The van der Waals surface area contributed by atoms with Gasteiger partial charge in [-0.1, -0.05) is 20.8 Å². The Hall–Kier alpha value is -0.530. The SMILES string of the molecule is CCCN(CCC)C(=O)[C@H]1CC[C@H](C)CC1. The zero-order chi connectivity index (χ0) is 12.0. The van der Waals surface area contributed by atoms with E-state index in [4.69, 9.17) is 0 Å². The van der Waals surface area contributed by atoms with E-state index in [2.05, 4.69) is 25.7 Å². The summed E-state index contributed by atoms with van der Waals surface area (Å²) in [6.07, 6.45) is 6.86. The molecule has 0 radical (unpaired) electrons. The predicted octanol–water partition coefficient (Wildman–Crippen LogP) is 3.46. The van der Waals surface area contributed by atoms with Crippen molar-refractivity contribution in [2.75, 3.05) is 13.1 Å². The highest BCUT2D eigenvalue weighted by atomic mass is 16.2. The third-order valence-electron chi connectivity index (χ3n) is 3.66. The monoisotopic (exact) mass is 225 g/mol. The van der Waals surface area contributed by atoms with Gasteiger partial charge in [-0.25, -0.2) is 0 Å². The number of carbonyl (C=O) groups excluding carboxylic acids is 1. The van der Waals surface area contributed by atoms with E-state index < -0.39 is 0 Å². The van der Waals surface area contributed by atoms with Gasteiger partial charge in [-0.3, -0.25) is 4.79 Å². The van der Waals surface area contributed by atoms with Gasteiger partial charge in [0.05, 0.1) is 0 Å². The molecule has 1 aliphatic rings. The highest BCUT2D eigenvalue weighted by molar-refractivity contribution is 5.78. The zero-order valence-electron chi connectivity index (χ0n) is 11.2. The molecule has 0 heterocycles. The van der Waals surface area contributed by atoms with E-state index in [-0.39, 0.29) is 0 Å². The number of hydrogen-bond donors (Lipinski definition) is 0. The Morgan fingerprint density at radius 1 is 1.06 bits per heavy atom. The highest BCUT2D eigenvalue weighted by Crippen LogP contribution is 2.29. The van der Waals surface area contributed by atoms with Crippen LogP contribution in [0.3, 0.4) is 0 Å². The van der Waals surface area contributed by atoms with Crippen molar-refractivity contribution in [1.29, 1.82) is 0 Å². The zero-order valence-corrected chi connectivity index (χ0v) is 11.2. The van der Waals surface area contributed by atoms with Crippen LogP contribution in [0.4, 0.5) is 0 Å². The van der Waals surface area contributed by atoms with Crippen LogP contribution in [-0.4, -0.2) is 23.9 Å². The summed E-state index contributed by atoms with van der Waals surface area (Å²) in [4.78, 5) is 14.4. The van der Waals surface area contributed by atoms with Crippen LogP contribution >= 0.6 is 0 Å². The molecule has 1 aliphatic carbocycles. The minimum absolute atomic E-state index is 0.328. The Labute approximate surface area is 100 Å². The Kier molecular flexibility index (Phi) is 5.86. The molecule has 0 bridgehead atoms. The van der Waals surface area contributed by atoms with Crippen molar-refractivity contribution < 1.29 is 4.79 Å². The van der Waals surface area contributed by atoms with Crippen LogP contribution in [0, 0.1) is 11.8 Å². The average Bonchev–Trinajstić information content (AvgIpc) is 2.29. The quantitative estimate of drug-likeness (QED) is 0.701. The predicted molar refractivity (Wildman–Crippen MR) is 68.3 cm³/mol. The van der Waals surface area contributed by atoms with Gasteiger partial charge in [0.2, 0.25) is 5.91 Å². The van der Waals surface area contributed by atoms with E-state index in [9.17, 15) is 4.79 Å². The van der Waals surface area contributed by atoms with Gasteiger partial charge < -0.3 is 4.90 Å². The lowest BCUT2D eigenvalue weighted by Gasteiger charge is -2.30. The standard InChI is InChI=1S/C14H27NO/c1-4-10-15(11-5-2)14(16)13-8-6-12(3)7-9-13/h12-13H,4-11H2,1-3H3/t12-,13-. The fourth-order valence-corrected chi connectivity index (χ4v) is 2.64. The maximum atomic E-state index is 12.3. The van der Waals surface area contributed by atoms with Gasteiger partial charge in [0.15, 0.2) is 0 Å². The van der Waals surface area contributed by atoms with Gasteiger partial charge in [-0.15, -0.1) is 0 Å². The van der Waals surface area contributed by atoms with Gasteiger partial charge >= 0.3 is 0 Å². The fraction of sp³-hybridized carbons (Fsp3) is 0.929. The lowest BCUT2D eigenvalue weighted by molar-refractivity contribution is -0.136. The largest absolute Gasteiger partial charge is 0.342 e. The van der Waals surface area contributed by atoms with Crippen LogP contribution in [0.25, 0.3) is 0 Å². The number of rotatable bonds is 5. The lowest BCUT2D eigenvalue weighted by atomic mass is 9.82. The van der Waals surface area contributed by atoms with Crippen LogP contribution < -0.4 is 0 Å². The number of carbonyl (C=O) groups is 1. The van der Waals surface area contributed by atoms with Gasteiger partial charge in [-0.2, -0.15) is 0 Å². The molecule has 94 valence electrons. The minimum atomic E-state index is 0.328. The normalized spacial score (nSPS) is 25.4. The summed E-state index contributed by atoms with van der Waals surface area (Å²) < 4.78 is 0. The van der Waals surface area contributed by atoms with Crippen molar-refractivity contribution in [2.45, 2.75) is 59.3 Å². The smallest absolute Gasteiger partial charge is 0.225 e. The van der Waals surface area contributed by atoms with E-state index in [0.717, 1.165) is 44.7 Å². The first-order valence-electron chi connectivity index (χ1n) is 6.97. The molecule has 0 atom stereocenters. The molecule has 0 aliphatic heterocycles. The van der Waals surface area contributed by atoms with E-state index in [1.54, 1.807) is 0 Å². The van der Waals surface area contributed by atoms with Gasteiger partial charge in [0.1, 0.15) is 0 Å². The first kappa shape index (κ1) is 13.5. The molecule has 1 fully saturated rings. The van der Waals surface area contributed by atoms with Crippen molar-refractivity contribution in [1.82, 2.24) is 4.90 Å². The van der Waals surface area contributed by atoms with E-state index in [1.807, 2.05) is 0 Å². The van der Waals surface area contributed by atoms with Gasteiger partial charge in [0.25, 0.3) is 0 Å². The molecule has 0 spiro atoms. The molecular weight excluding hydrogens is 198 g/mol. The summed E-state index contributed by atoms with van der Waals surface area (Å²) in [5.74, 6) is 1.58. The van der Waals surface area contributed by atoms with Crippen molar-refractivity contribution in [3.05, 3.63) is 0 Å². The molecule has 1 amide bonds. The molecular formula is C14H27NO. The van der Waals surface area contributed by atoms with Crippen LogP contribution in [0.2, 0.25) is 0 Å². The summed E-state index contributed by atoms with van der Waals surface area (Å²) in [5.41, 5.74) is 0. The second-order valence-electron chi connectivity index (χ2n) is 5.28. The Morgan fingerprint density at radius 2 is 1.56 bits per heavy atom. The molecule has 0 saturated heterocycles. The summed E-state index contributed by atoms with van der Waals surface area (Å²) in [7, 11) is 0. The molecule has 0 aromatic rings. The Balaban J connectivity index is 2.46. The summed E-state index contributed by atoms with van der Waals surface area (Å²) in [6.45, 7) is 8.49. The lowest BCUT2D eigenvalue weighted by Crippen LogP contribution is -2.38. The fourth-order valence-electron chi connectivity index (χ4n) is 2.64. The van der Waals surface area contributed by atoms with Crippen molar-refractivity contribution in [3.63, 3.8) is 0 Å². The first-order valence-corrected chi connectivity index (χ1v) is 6.97. The Bertz CT molecular complexity index is 201. The van der Waals surface area contributed by atoms with Crippen LogP contribution in [0.15, 0.2) is 0 Å². The van der Waals surface area contributed by atoms with Crippen molar-refractivity contribution in [2.24, 2.45) is 11.8 Å². The highest BCUT2D eigenvalue weighted by Gasteiger charge is 2.27. The second-order valence-corrected chi connectivity index (χ2v) is 5.28. The molecule has 0 unspecified atom stereocenters. The average molecular weight is 225 g/mol. The topological polar surface area (TPSA) is 20.3 Å². The van der Waals surface area contributed by atoms with Crippen LogP contribution in [0.5, 0.6) is 0 Å². The molecule has 0 N–H and O–H groups in total. The number of hydrogen-bond acceptors (Lipinski definition) is 1. The van der Waals surface area contributed by atoms with Crippen molar-refractivity contribution >= 4 is 5.91 Å². The molecule has 1 saturated carbocycles. The van der Waals surface area contributed by atoms with Crippen LogP contribution in [-0.2, 0) is 4.79 Å². The van der Waals surface area contributed by atoms with Gasteiger partial charge in [0, 0.05) is 19.0 Å². The van der Waals surface area contributed by atoms with Gasteiger partial charge in [-0.05, 0) is 44.4 Å². The summed E-state index contributed by atoms with van der Waals surface area (Å²) >= 11 is 0. The third-order valence-corrected chi connectivity index (χ3v) is 3.66. The van der Waals surface area contributed by atoms with E-state index in [1.165, 1.54) is 12.8 Å². The first-order chi connectivity index (χ1) is 7.69.